The Bertz CT molecular complexity index is 612. The molecule has 23 heavy (non-hydrogen) atoms. The van der Waals surface area contributed by atoms with Crippen molar-refractivity contribution in [3.8, 4) is 0 Å². The van der Waals surface area contributed by atoms with Crippen molar-refractivity contribution in [3.05, 3.63) is 34.6 Å². The van der Waals surface area contributed by atoms with Gasteiger partial charge in [0.1, 0.15) is 11.4 Å². The normalized spacial score (nSPS) is 18.7. The van der Waals surface area contributed by atoms with Gasteiger partial charge >= 0.3 is 6.09 Å². The number of hydrogen-bond acceptors (Lipinski definition) is 3. The van der Waals surface area contributed by atoms with Crippen molar-refractivity contribution in [2.45, 2.75) is 39.2 Å². The lowest BCUT2D eigenvalue weighted by Crippen LogP contribution is -2.44. The predicted molar refractivity (Wildman–Crippen MR) is 86.3 cm³/mol. The van der Waals surface area contributed by atoms with Crippen molar-refractivity contribution in [1.82, 2.24) is 4.90 Å². The van der Waals surface area contributed by atoms with Crippen molar-refractivity contribution >= 4 is 23.5 Å². The van der Waals surface area contributed by atoms with Crippen molar-refractivity contribution in [2.75, 3.05) is 13.1 Å². The van der Waals surface area contributed by atoms with E-state index in [1.54, 1.807) is 25.7 Å². The molecule has 1 aromatic rings. The summed E-state index contributed by atoms with van der Waals surface area (Å²) in [6, 6.07) is 3.95. The van der Waals surface area contributed by atoms with E-state index < -0.39 is 17.5 Å². The topological polar surface area (TPSA) is 46.6 Å². The maximum absolute atomic E-state index is 13.2. The summed E-state index contributed by atoms with van der Waals surface area (Å²) in [5.41, 5.74) is -0.203. The average Bonchev–Trinajstić information content (AvgIpc) is 2.48. The maximum Gasteiger partial charge on any atom is 0.410 e. The predicted octanol–water partition coefficient (Wildman–Crippen LogP) is 4.31. The van der Waals surface area contributed by atoms with E-state index >= 15 is 0 Å². The van der Waals surface area contributed by atoms with Crippen molar-refractivity contribution < 1.29 is 18.7 Å². The van der Waals surface area contributed by atoms with Crippen LogP contribution >= 0.6 is 11.6 Å². The highest BCUT2D eigenvalue weighted by atomic mass is 35.5. The molecular weight excluding hydrogens is 321 g/mol. The summed E-state index contributed by atoms with van der Waals surface area (Å²) in [6.07, 6.45) is 1.00. The van der Waals surface area contributed by atoms with Crippen LogP contribution < -0.4 is 0 Å². The van der Waals surface area contributed by atoms with Crippen LogP contribution in [-0.2, 0) is 4.74 Å². The second-order valence-electron chi connectivity index (χ2n) is 6.76. The maximum atomic E-state index is 13.2. The Morgan fingerprint density at radius 3 is 2.65 bits per heavy atom. The molecule has 6 heteroatoms. The Labute approximate surface area is 140 Å². The summed E-state index contributed by atoms with van der Waals surface area (Å²) in [5.74, 6) is -1.000. The number of carbonyl (C=O) groups is 2. The molecule has 1 amide bonds. The minimum atomic E-state index is -0.571. The SMILES string of the molecule is CC(C)(C)OC(=O)N1CCC[C@@H](C(=O)c2ccc(F)c(Cl)c2)C1. The van der Waals surface area contributed by atoms with Crippen LogP contribution in [0.1, 0.15) is 44.0 Å². The van der Waals surface area contributed by atoms with Crippen molar-refractivity contribution in [1.29, 1.82) is 0 Å². The largest absolute Gasteiger partial charge is 0.444 e. The van der Waals surface area contributed by atoms with Gasteiger partial charge in [-0.2, -0.15) is 0 Å². The first kappa shape index (κ1) is 17.7. The second kappa shape index (κ2) is 6.87. The highest BCUT2D eigenvalue weighted by Crippen LogP contribution is 2.24. The number of ketones is 1. The molecule has 1 aliphatic rings. The number of amides is 1. The van der Waals surface area contributed by atoms with Gasteiger partial charge in [-0.1, -0.05) is 11.6 Å². The van der Waals surface area contributed by atoms with E-state index in [0.717, 1.165) is 6.42 Å². The van der Waals surface area contributed by atoms with Crippen molar-refractivity contribution in [3.63, 3.8) is 0 Å². The summed E-state index contributed by atoms with van der Waals surface area (Å²) in [5, 5.41) is -0.0735. The van der Waals surface area contributed by atoms with Gasteiger partial charge in [-0.3, -0.25) is 4.79 Å². The molecule has 0 aliphatic carbocycles. The smallest absolute Gasteiger partial charge is 0.410 e. The van der Waals surface area contributed by atoms with Gasteiger partial charge in [0, 0.05) is 24.6 Å². The zero-order valence-electron chi connectivity index (χ0n) is 13.6. The summed E-state index contributed by atoms with van der Waals surface area (Å²) in [4.78, 5) is 26.3. The lowest BCUT2D eigenvalue weighted by atomic mass is 9.90. The molecular formula is C17H21ClFNO3. The number of benzene rings is 1. The van der Waals surface area contributed by atoms with Crippen LogP contribution in [0.25, 0.3) is 0 Å². The van der Waals surface area contributed by atoms with Crippen LogP contribution in [0.4, 0.5) is 9.18 Å². The number of nitrogens with zero attached hydrogens (tertiary/aromatic N) is 1. The summed E-state index contributed by atoms with van der Waals surface area (Å²) in [6.45, 7) is 6.29. The Morgan fingerprint density at radius 2 is 2.04 bits per heavy atom. The van der Waals surface area contributed by atoms with Gasteiger partial charge in [0.15, 0.2) is 5.78 Å². The number of rotatable bonds is 2. The molecule has 0 spiro atoms. The van der Waals surface area contributed by atoms with E-state index in [1.165, 1.54) is 18.2 Å². The number of piperidine rings is 1. The van der Waals surface area contributed by atoms with Gasteiger partial charge in [-0.25, -0.2) is 9.18 Å². The monoisotopic (exact) mass is 341 g/mol. The molecule has 0 N–H and O–H groups in total. The quantitative estimate of drug-likeness (QED) is 0.753. The van der Waals surface area contributed by atoms with Crippen molar-refractivity contribution in [2.24, 2.45) is 5.92 Å². The van der Waals surface area contributed by atoms with Gasteiger partial charge in [0.2, 0.25) is 0 Å². The first-order chi connectivity index (χ1) is 10.7. The van der Waals surface area contributed by atoms with Crippen LogP contribution in [0.2, 0.25) is 5.02 Å². The fourth-order valence-electron chi connectivity index (χ4n) is 2.57. The van der Waals surface area contributed by atoms with Gasteiger partial charge in [0.05, 0.1) is 5.02 Å². The lowest BCUT2D eigenvalue weighted by Gasteiger charge is -2.33. The molecule has 1 heterocycles. The molecule has 0 aromatic heterocycles. The Kier molecular flexibility index (Phi) is 5.30. The molecule has 1 saturated heterocycles. The molecule has 4 nitrogen and oxygen atoms in total. The second-order valence-corrected chi connectivity index (χ2v) is 7.17. The Balaban J connectivity index is 2.07. The summed E-state index contributed by atoms with van der Waals surface area (Å²) in [7, 11) is 0. The van der Waals surface area contributed by atoms with Gasteiger partial charge in [-0.15, -0.1) is 0 Å². The number of hydrogen-bond donors (Lipinski definition) is 0. The summed E-state index contributed by atoms with van der Waals surface area (Å²) < 4.78 is 18.6. The zero-order chi connectivity index (χ0) is 17.2. The van der Waals surface area contributed by atoms with E-state index in [-0.39, 0.29) is 16.7 Å². The molecule has 0 bridgehead atoms. The van der Waals surface area contributed by atoms with Gasteiger partial charge < -0.3 is 9.64 Å². The van der Waals surface area contributed by atoms with Crippen LogP contribution in [0.3, 0.4) is 0 Å². The van der Waals surface area contributed by atoms with Crippen LogP contribution in [0.5, 0.6) is 0 Å². The third kappa shape index (κ3) is 4.67. The molecule has 1 atom stereocenters. The third-order valence-electron chi connectivity index (χ3n) is 3.65. The van der Waals surface area contributed by atoms with Gasteiger partial charge in [-0.05, 0) is 51.8 Å². The highest BCUT2D eigenvalue weighted by Gasteiger charge is 2.31. The van der Waals surface area contributed by atoms with E-state index in [1.807, 2.05) is 0 Å². The number of Topliss-reactive ketones (excluding diaryl/α,β-unsaturated/α-hetero) is 1. The van der Waals surface area contributed by atoms with Gasteiger partial charge in [0.25, 0.3) is 0 Å². The standard InChI is InChI=1S/C17H21ClFNO3/c1-17(2,3)23-16(22)20-8-4-5-12(10-20)15(21)11-6-7-14(19)13(18)9-11/h6-7,9,12H,4-5,8,10H2,1-3H3/t12-/m1/s1. The van der Waals surface area contributed by atoms with E-state index in [2.05, 4.69) is 0 Å². The van der Waals surface area contributed by atoms with E-state index in [9.17, 15) is 14.0 Å². The highest BCUT2D eigenvalue weighted by molar-refractivity contribution is 6.31. The minimum absolute atomic E-state index is 0.0735. The molecule has 1 aromatic carbocycles. The first-order valence-electron chi connectivity index (χ1n) is 7.64. The molecule has 0 radical (unpaired) electrons. The summed E-state index contributed by atoms with van der Waals surface area (Å²) >= 11 is 5.74. The minimum Gasteiger partial charge on any atom is -0.444 e. The number of halogens is 2. The molecule has 1 aliphatic heterocycles. The fraction of sp³-hybridized carbons (Fsp3) is 0.529. The van der Waals surface area contributed by atoms with E-state index in [4.69, 9.17) is 16.3 Å². The molecule has 0 unspecified atom stereocenters. The average molecular weight is 342 g/mol. The molecule has 126 valence electrons. The molecule has 0 saturated carbocycles. The number of ether oxygens (including phenoxy) is 1. The lowest BCUT2D eigenvalue weighted by molar-refractivity contribution is 0.0172. The molecule has 2 rings (SSSR count). The number of likely N-dealkylation sites (tertiary alicyclic amines) is 1. The Hall–Kier alpha value is -1.62. The van der Waals surface area contributed by atoms with Crippen LogP contribution in [0, 0.1) is 11.7 Å². The Morgan fingerprint density at radius 1 is 1.35 bits per heavy atom. The number of carbonyl (C=O) groups excluding carboxylic acids is 2. The van der Waals surface area contributed by atoms with Crippen LogP contribution in [0.15, 0.2) is 18.2 Å². The fourth-order valence-corrected chi connectivity index (χ4v) is 2.75. The van der Waals surface area contributed by atoms with E-state index in [0.29, 0.717) is 25.1 Å². The molecule has 1 fully saturated rings. The third-order valence-corrected chi connectivity index (χ3v) is 3.94. The zero-order valence-corrected chi connectivity index (χ0v) is 14.3. The first-order valence-corrected chi connectivity index (χ1v) is 8.02. The van der Waals surface area contributed by atoms with Crippen LogP contribution in [-0.4, -0.2) is 35.5 Å².